The second-order valence-electron chi connectivity index (χ2n) is 4.43. The Balaban J connectivity index is 2.03. The molecule has 0 aliphatic heterocycles. The van der Waals surface area contributed by atoms with Crippen LogP contribution in [0.15, 0.2) is 48.5 Å². The Labute approximate surface area is 117 Å². The van der Waals surface area contributed by atoms with Crippen molar-refractivity contribution in [3.05, 3.63) is 65.2 Å². The largest absolute Gasteiger partial charge is 0.489 e. The van der Waals surface area contributed by atoms with Gasteiger partial charge in [0.15, 0.2) is 0 Å². The van der Waals surface area contributed by atoms with Crippen molar-refractivity contribution in [1.82, 2.24) is 0 Å². The van der Waals surface area contributed by atoms with Gasteiger partial charge in [0.2, 0.25) is 5.91 Å². The fraction of sp³-hybridized carbons (Fsp3) is 0.188. The molecule has 0 saturated heterocycles. The van der Waals surface area contributed by atoms with Gasteiger partial charge >= 0.3 is 0 Å². The SMILES string of the molecule is NC(=O)c1ccccc1COc1ccc(CCO)cc1. The number of rotatable bonds is 6. The second-order valence-corrected chi connectivity index (χ2v) is 4.43. The number of carbonyl (C=O) groups excluding carboxylic acids is 1. The molecular formula is C16H17NO3. The Kier molecular flexibility index (Phi) is 4.74. The van der Waals surface area contributed by atoms with Gasteiger partial charge in [0.25, 0.3) is 0 Å². The molecule has 0 spiro atoms. The van der Waals surface area contributed by atoms with Crippen molar-refractivity contribution in [3.8, 4) is 5.75 Å². The lowest BCUT2D eigenvalue weighted by atomic mass is 10.1. The van der Waals surface area contributed by atoms with Crippen LogP contribution in [0.4, 0.5) is 0 Å². The number of amides is 1. The van der Waals surface area contributed by atoms with Crippen LogP contribution in [0.1, 0.15) is 21.5 Å². The number of aliphatic hydroxyl groups excluding tert-OH is 1. The van der Waals surface area contributed by atoms with Crippen molar-refractivity contribution >= 4 is 5.91 Å². The fourth-order valence-corrected chi connectivity index (χ4v) is 1.93. The van der Waals surface area contributed by atoms with Crippen LogP contribution in [0.5, 0.6) is 5.75 Å². The Bertz CT molecular complexity index is 579. The summed E-state index contributed by atoms with van der Waals surface area (Å²) in [5.74, 6) is 0.258. The Morgan fingerprint density at radius 2 is 1.80 bits per heavy atom. The fourth-order valence-electron chi connectivity index (χ4n) is 1.93. The highest BCUT2D eigenvalue weighted by Crippen LogP contribution is 2.16. The molecule has 0 saturated carbocycles. The number of primary amides is 1. The van der Waals surface area contributed by atoms with Gasteiger partial charge in [-0.05, 0) is 30.2 Å². The summed E-state index contributed by atoms with van der Waals surface area (Å²) in [6.07, 6.45) is 0.630. The van der Waals surface area contributed by atoms with Gasteiger partial charge in [-0.1, -0.05) is 30.3 Å². The van der Waals surface area contributed by atoms with Gasteiger partial charge in [-0.25, -0.2) is 0 Å². The van der Waals surface area contributed by atoms with Gasteiger partial charge in [0, 0.05) is 17.7 Å². The molecule has 2 aromatic carbocycles. The molecule has 2 aromatic rings. The molecule has 3 N–H and O–H groups in total. The Hall–Kier alpha value is -2.33. The zero-order valence-electron chi connectivity index (χ0n) is 11.1. The number of hydrogen-bond acceptors (Lipinski definition) is 3. The summed E-state index contributed by atoms with van der Waals surface area (Å²) in [5, 5.41) is 8.85. The van der Waals surface area contributed by atoms with Crippen molar-refractivity contribution in [2.75, 3.05) is 6.61 Å². The third kappa shape index (κ3) is 3.59. The standard InChI is InChI=1S/C16H17NO3/c17-16(19)15-4-2-1-3-13(15)11-20-14-7-5-12(6-8-14)9-10-18/h1-8,18H,9-11H2,(H2,17,19). The van der Waals surface area contributed by atoms with E-state index in [1.54, 1.807) is 12.1 Å². The van der Waals surface area contributed by atoms with E-state index in [9.17, 15) is 4.79 Å². The first-order chi connectivity index (χ1) is 9.70. The number of nitrogens with two attached hydrogens (primary N) is 1. The molecule has 0 aliphatic rings. The predicted molar refractivity (Wildman–Crippen MR) is 76.5 cm³/mol. The van der Waals surface area contributed by atoms with Crippen molar-refractivity contribution < 1.29 is 14.6 Å². The molecule has 20 heavy (non-hydrogen) atoms. The molecule has 2 rings (SSSR count). The van der Waals surface area contributed by atoms with Crippen LogP contribution < -0.4 is 10.5 Å². The van der Waals surface area contributed by atoms with Gasteiger partial charge in [-0.15, -0.1) is 0 Å². The van der Waals surface area contributed by atoms with Crippen LogP contribution in [-0.4, -0.2) is 17.6 Å². The van der Waals surface area contributed by atoms with Crippen LogP contribution in [0.25, 0.3) is 0 Å². The minimum atomic E-state index is -0.456. The average molecular weight is 271 g/mol. The molecular weight excluding hydrogens is 254 g/mol. The highest BCUT2D eigenvalue weighted by molar-refractivity contribution is 5.94. The first kappa shape index (κ1) is 14.1. The second kappa shape index (κ2) is 6.73. The van der Waals surface area contributed by atoms with Crippen LogP contribution in [0, 0.1) is 0 Å². The molecule has 4 heteroatoms. The van der Waals surface area contributed by atoms with E-state index in [2.05, 4.69) is 0 Å². The number of hydrogen-bond donors (Lipinski definition) is 2. The molecule has 0 fully saturated rings. The number of carbonyl (C=O) groups is 1. The Morgan fingerprint density at radius 1 is 1.10 bits per heavy atom. The van der Waals surface area contributed by atoms with E-state index in [0.29, 0.717) is 24.3 Å². The van der Waals surface area contributed by atoms with Crippen molar-refractivity contribution in [2.45, 2.75) is 13.0 Å². The van der Waals surface area contributed by atoms with E-state index in [0.717, 1.165) is 11.1 Å². The smallest absolute Gasteiger partial charge is 0.249 e. The van der Waals surface area contributed by atoms with Gasteiger partial charge in [-0.2, -0.15) is 0 Å². The number of benzene rings is 2. The third-order valence-corrected chi connectivity index (χ3v) is 3.00. The molecule has 0 aromatic heterocycles. The van der Waals surface area contributed by atoms with Crippen LogP contribution in [0.2, 0.25) is 0 Å². The van der Waals surface area contributed by atoms with E-state index in [4.69, 9.17) is 15.6 Å². The van der Waals surface area contributed by atoms with Crippen molar-refractivity contribution in [1.29, 1.82) is 0 Å². The molecule has 0 heterocycles. The summed E-state index contributed by atoms with van der Waals surface area (Å²) >= 11 is 0. The summed E-state index contributed by atoms with van der Waals surface area (Å²) in [5.41, 5.74) is 7.61. The molecule has 0 atom stereocenters. The van der Waals surface area contributed by atoms with E-state index < -0.39 is 5.91 Å². The molecule has 0 aliphatic carbocycles. The van der Waals surface area contributed by atoms with Crippen molar-refractivity contribution in [3.63, 3.8) is 0 Å². The van der Waals surface area contributed by atoms with E-state index in [1.165, 1.54) is 0 Å². The monoisotopic (exact) mass is 271 g/mol. The topological polar surface area (TPSA) is 72.6 Å². The first-order valence-corrected chi connectivity index (χ1v) is 6.41. The maximum absolute atomic E-state index is 11.3. The molecule has 1 amide bonds. The zero-order valence-corrected chi connectivity index (χ0v) is 11.1. The molecule has 0 bridgehead atoms. The molecule has 4 nitrogen and oxygen atoms in total. The Morgan fingerprint density at radius 3 is 2.45 bits per heavy atom. The van der Waals surface area contributed by atoms with Crippen LogP contribution in [0.3, 0.4) is 0 Å². The lowest BCUT2D eigenvalue weighted by Crippen LogP contribution is -2.14. The van der Waals surface area contributed by atoms with Gasteiger partial charge < -0.3 is 15.6 Å². The summed E-state index contributed by atoms with van der Waals surface area (Å²) in [6, 6.07) is 14.6. The summed E-state index contributed by atoms with van der Waals surface area (Å²) in [7, 11) is 0. The number of aliphatic hydroxyl groups is 1. The predicted octanol–water partition coefficient (Wildman–Crippen LogP) is 1.90. The van der Waals surface area contributed by atoms with Crippen molar-refractivity contribution in [2.24, 2.45) is 5.73 Å². The summed E-state index contributed by atoms with van der Waals surface area (Å²) in [4.78, 5) is 11.3. The lowest BCUT2D eigenvalue weighted by Gasteiger charge is -2.09. The molecule has 0 radical (unpaired) electrons. The third-order valence-electron chi connectivity index (χ3n) is 3.00. The highest BCUT2D eigenvalue weighted by atomic mass is 16.5. The summed E-state index contributed by atoms with van der Waals surface area (Å²) in [6.45, 7) is 0.421. The number of ether oxygens (including phenoxy) is 1. The van der Waals surface area contributed by atoms with E-state index in [1.807, 2.05) is 36.4 Å². The lowest BCUT2D eigenvalue weighted by molar-refractivity contribution is 0.0998. The first-order valence-electron chi connectivity index (χ1n) is 6.41. The minimum Gasteiger partial charge on any atom is -0.489 e. The normalized spacial score (nSPS) is 10.2. The average Bonchev–Trinajstić information content (AvgIpc) is 2.47. The van der Waals surface area contributed by atoms with Crippen LogP contribution >= 0.6 is 0 Å². The zero-order chi connectivity index (χ0) is 14.4. The molecule has 104 valence electrons. The van der Waals surface area contributed by atoms with Crippen LogP contribution in [-0.2, 0) is 13.0 Å². The van der Waals surface area contributed by atoms with E-state index >= 15 is 0 Å². The van der Waals surface area contributed by atoms with Gasteiger partial charge in [0.05, 0.1) is 0 Å². The molecule has 0 unspecified atom stereocenters. The maximum atomic E-state index is 11.3. The quantitative estimate of drug-likeness (QED) is 0.842. The maximum Gasteiger partial charge on any atom is 0.249 e. The highest BCUT2D eigenvalue weighted by Gasteiger charge is 2.07. The van der Waals surface area contributed by atoms with Gasteiger partial charge in [0.1, 0.15) is 12.4 Å². The van der Waals surface area contributed by atoms with Gasteiger partial charge in [-0.3, -0.25) is 4.79 Å². The van der Waals surface area contributed by atoms with E-state index in [-0.39, 0.29) is 6.61 Å². The summed E-state index contributed by atoms with van der Waals surface area (Å²) < 4.78 is 5.65. The minimum absolute atomic E-state index is 0.131.